The first kappa shape index (κ1) is 18.0. The molecular weight excluding hydrogens is 320 g/mol. The second-order valence-corrected chi connectivity index (χ2v) is 9.72. The first-order chi connectivity index (χ1) is 12.5. The maximum atomic E-state index is 13.7. The Morgan fingerprint density at radius 2 is 2.04 bits per heavy atom. The monoisotopic (exact) mass is 354 g/mol. The number of likely N-dealkylation sites (tertiary alicyclic amines) is 1. The Kier molecular flexibility index (Phi) is 4.85. The van der Waals surface area contributed by atoms with Crippen LogP contribution < -0.4 is 5.73 Å². The van der Waals surface area contributed by atoms with Crippen LogP contribution in [0.5, 0.6) is 0 Å². The molecule has 0 aromatic heterocycles. The number of rotatable bonds is 4. The molecule has 3 aliphatic rings. The summed E-state index contributed by atoms with van der Waals surface area (Å²) in [5, 5.41) is 0. The van der Waals surface area contributed by atoms with Gasteiger partial charge in [0.25, 0.3) is 0 Å². The van der Waals surface area contributed by atoms with Crippen LogP contribution in [0.2, 0.25) is 0 Å². The van der Waals surface area contributed by atoms with E-state index in [-0.39, 0.29) is 11.5 Å². The molecule has 2 aliphatic carbocycles. The van der Waals surface area contributed by atoms with E-state index in [0.29, 0.717) is 11.3 Å². The van der Waals surface area contributed by atoms with E-state index in [1.54, 1.807) is 0 Å². The molecule has 1 amide bonds. The minimum atomic E-state index is -0.169. The van der Waals surface area contributed by atoms with Gasteiger partial charge in [-0.2, -0.15) is 0 Å². The summed E-state index contributed by atoms with van der Waals surface area (Å²) in [5.41, 5.74) is 7.67. The summed E-state index contributed by atoms with van der Waals surface area (Å²) in [6.45, 7) is 4.06. The summed E-state index contributed by atoms with van der Waals surface area (Å²) in [4.78, 5) is 15.8. The lowest BCUT2D eigenvalue weighted by molar-refractivity contribution is -0.150. The summed E-state index contributed by atoms with van der Waals surface area (Å²) in [7, 11) is 0. The molecule has 2 bridgehead atoms. The number of hydrogen-bond acceptors (Lipinski definition) is 2. The Hall–Kier alpha value is -1.35. The van der Waals surface area contributed by atoms with E-state index in [1.807, 2.05) is 0 Å². The smallest absolute Gasteiger partial charge is 0.228 e. The van der Waals surface area contributed by atoms with Crippen LogP contribution in [0.15, 0.2) is 30.3 Å². The van der Waals surface area contributed by atoms with Gasteiger partial charge in [-0.25, -0.2) is 0 Å². The predicted octanol–water partition coefficient (Wildman–Crippen LogP) is 4.16. The molecule has 142 valence electrons. The minimum absolute atomic E-state index is 0.169. The number of nitrogens with two attached hydrogens (primary N) is 1. The maximum Gasteiger partial charge on any atom is 0.228 e. The van der Waals surface area contributed by atoms with Crippen molar-refractivity contribution in [3.05, 3.63) is 35.9 Å². The highest BCUT2D eigenvalue weighted by atomic mass is 16.2. The van der Waals surface area contributed by atoms with Gasteiger partial charge in [0.05, 0.1) is 5.41 Å². The van der Waals surface area contributed by atoms with E-state index >= 15 is 0 Å². The molecule has 2 unspecified atom stereocenters. The fraction of sp³-hybridized carbons (Fsp3) is 0.696. The molecule has 4 atom stereocenters. The third-order valence-corrected chi connectivity index (χ3v) is 7.32. The average molecular weight is 355 g/mol. The number of nitrogens with zero attached hydrogens (tertiary/aromatic N) is 1. The van der Waals surface area contributed by atoms with Gasteiger partial charge in [0.15, 0.2) is 0 Å². The quantitative estimate of drug-likeness (QED) is 0.883. The average Bonchev–Trinajstić information content (AvgIpc) is 3.05. The van der Waals surface area contributed by atoms with Gasteiger partial charge >= 0.3 is 0 Å². The zero-order valence-corrected chi connectivity index (χ0v) is 16.3. The molecule has 4 rings (SSSR count). The maximum absolute atomic E-state index is 13.7. The fourth-order valence-electron chi connectivity index (χ4n) is 6.29. The van der Waals surface area contributed by atoms with Crippen molar-refractivity contribution < 1.29 is 4.79 Å². The molecule has 1 heterocycles. The molecular formula is C23H34N2O. The van der Waals surface area contributed by atoms with E-state index in [0.717, 1.165) is 51.1 Å². The van der Waals surface area contributed by atoms with Crippen LogP contribution in [-0.4, -0.2) is 29.9 Å². The Morgan fingerprint density at radius 1 is 1.23 bits per heavy atom. The van der Waals surface area contributed by atoms with Gasteiger partial charge in [0, 0.05) is 19.1 Å². The van der Waals surface area contributed by atoms with E-state index < -0.39 is 0 Å². The van der Waals surface area contributed by atoms with E-state index in [1.165, 1.54) is 31.2 Å². The van der Waals surface area contributed by atoms with Crippen LogP contribution in [0.25, 0.3) is 0 Å². The van der Waals surface area contributed by atoms with Gasteiger partial charge in [0.2, 0.25) is 5.91 Å². The highest BCUT2D eigenvalue weighted by molar-refractivity contribution is 5.83. The van der Waals surface area contributed by atoms with Gasteiger partial charge in [-0.1, -0.05) is 50.1 Å². The first-order valence-corrected chi connectivity index (χ1v) is 10.6. The molecule has 1 saturated heterocycles. The molecule has 1 aromatic rings. The zero-order chi connectivity index (χ0) is 18.2. The Labute approximate surface area is 158 Å². The van der Waals surface area contributed by atoms with Crippen molar-refractivity contribution in [1.29, 1.82) is 0 Å². The molecule has 1 aliphatic heterocycles. The standard InChI is InChI=1S/C23H34N2O/c1-22-11-5-8-19(14-22)15-23(17-22,12-9-18-6-3-2-4-7-18)21(26)25-13-10-20(24)16-25/h2-4,6-7,19-20H,5,8-17,24H2,1H3/t19?,20-,22-,23?/m0/s1. The van der Waals surface area contributed by atoms with Crippen LogP contribution >= 0.6 is 0 Å². The Balaban J connectivity index is 1.59. The lowest BCUT2D eigenvalue weighted by Gasteiger charge is -2.53. The van der Waals surface area contributed by atoms with Crippen molar-refractivity contribution in [2.24, 2.45) is 22.5 Å². The van der Waals surface area contributed by atoms with Crippen molar-refractivity contribution in [3.63, 3.8) is 0 Å². The highest BCUT2D eigenvalue weighted by Crippen LogP contribution is 2.57. The number of aryl methyl sites for hydroxylation is 1. The summed E-state index contributed by atoms with van der Waals surface area (Å²) in [5.74, 6) is 1.15. The summed E-state index contributed by atoms with van der Waals surface area (Å²) < 4.78 is 0. The number of carbonyl (C=O) groups excluding carboxylic acids is 1. The van der Waals surface area contributed by atoms with Crippen LogP contribution in [0.4, 0.5) is 0 Å². The van der Waals surface area contributed by atoms with Crippen molar-refractivity contribution in [3.8, 4) is 0 Å². The first-order valence-electron chi connectivity index (χ1n) is 10.6. The number of benzene rings is 1. The predicted molar refractivity (Wildman–Crippen MR) is 106 cm³/mol. The van der Waals surface area contributed by atoms with Crippen molar-refractivity contribution in [2.75, 3.05) is 13.1 Å². The molecule has 3 heteroatoms. The number of carbonyl (C=O) groups is 1. The second-order valence-electron chi connectivity index (χ2n) is 9.72. The van der Waals surface area contributed by atoms with Gasteiger partial charge in [0.1, 0.15) is 0 Å². The molecule has 3 fully saturated rings. The molecule has 2 N–H and O–H groups in total. The van der Waals surface area contributed by atoms with Crippen LogP contribution in [0, 0.1) is 16.7 Å². The van der Waals surface area contributed by atoms with Crippen molar-refractivity contribution >= 4 is 5.91 Å². The van der Waals surface area contributed by atoms with Gasteiger partial charge < -0.3 is 10.6 Å². The van der Waals surface area contributed by atoms with Crippen molar-refractivity contribution in [2.45, 2.75) is 70.8 Å². The molecule has 0 spiro atoms. The molecule has 1 aromatic carbocycles. The Morgan fingerprint density at radius 3 is 2.73 bits per heavy atom. The zero-order valence-electron chi connectivity index (χ0n) is 16.3. The van der Waals surface area contributed by atoms with Crippen LogP contribution in [0.1, 0.15) is 63.9 Å². The molecule has 0 radical (unpaired) electrons. The lowest BCUT2D eigenvalue weighted by atomic mass is 9.53. The Bertz CT molecular complexity index is 645. The van der Waals surface area contributed by atoms with Crippen molar-refractivity contribution in [1.82, 2.24) is 4.90 Å². The van der Waals surface area contributed by atoms with Gasteiger partial charge in [-0.15, -0.1) is 0 Å². The summed E-state index contributed by atoms with van der Waals surface area (Å²) in [6, 6.07) is 10.9. The van der Waals surface area contributed by atoms with Crippen LogP contribution in [-0.2, 0) is 11.2 Å². The summed E-state index contributed by atoms with van der Waals surface area (Å²) >= 11 is 0. The number of hydrogen-bond donors (Lipinski definition) is 1. The van der Waals surface area contributed by atoms with Gasteiger partial charge in [-0.05, 0) is 61.8 Å². The van der Waals surface area contributed by atoms with Crippen LogP contribution in [0.3, 0.4) is 0 Å². The van der Waals surface area contributed by atoms with Gasteiger partial charge in [-0.3, -0.25) is 4.79 Å². The fourth-order valence-corrected chi connectivity index (χ4v) is 6.29. The topological polar surface area (TPSA) is 46.3 Å². The molecule has 26 heavy (non-hydrogen) atoms. The number of amides is 1. The summed E-state index contributed by atoms with van der Waals surface area (Å²) in [6.07, 6.45) is 10.4. The van der Waals surface area contributed by atoms with E-state index in [9.17, 15) is 4.79 Å². The normalized spacial score (nSPS) is 36.9. The SMILES string of the molecule is C[C@@]12CCCC(CC(CCc3ccccc3)(C(=O)N3CC[C@H](N)C3)C1)C2. The lowest BCUT2D eigenvalue weighted by Crippen LogP contribution is -2.51. The number of fused-ring (bicyclic) bond motifs is 2. The molecule has 3 nitrogen and oxygen atoms in total. The molecule has 2 saturated carbocycles. The largest absolute Gasteiger partial charge is 0.341 e. The third kappa shape index (κ3) is 3.55. The van der Waals surface area contributed by atoms with E-state index in [4.69, 9.17) is 5.73 Å². The van der Waals surface area contributed by atoms with E-state index in [2.05, 4.69) is 42.2 Å². The second kappa shape index (κ2) is 6.99. The third-order valence-electron chi connectivity index (χ3n) is 7.32. The highest BCUT2D eigenvalue weighted by Gasteiger charge is 2.52. The minimum Gasteiger partial charge on any atom is -0.341 e.